The summed E-state index contributed by atoms with van der Waals surface area (Å²) >= 11 is 0. The van der Waals surface area contributed by atoms with Crippen molar-refractivity contribution in [1.82, 2.24) is 5.32 Å². The van der Waals surface area contributed by atoms with E-state index in [2.05, 4.69) is 5.32 Å². The molecule has 1 unspecified atom stereocenters. The van der Waals surface area contributed by atoms with E-state index in [9.17, 15) is 14.3 Å². The van der Waals surface area contributed by atoms with E-state index >= 15 is 0 Å². The van der Waals surface area contributed by atoms with Gasteiger partial charge in [-0.2, -0.15) is 0 Å². The van der Waals surface area contributed by atoms with Crippen LogP contribution in [0.5, 0.6) is 0 Å². The third kappa shape index (κ3) is 4.77. The summed E-state index contributed by atoms with van der Waals surface area (Å²) in [4.78, 5) is 12.4. The van der Waals surface area contributed by atoms with Crippen LogP contribution in [0.25, 0.3) is 6.08 Å². The standard InChI is InChI=1S/C20H22FNO2/c1-3-16(13-15-7-5-4-6-8-15)19(23)22-14-20(2,24)17-9-11-18(21)12-10-17/h4-13,24H,3,14H2,1-2H3,(H,22,23)/b16-13+. The minimum Gasteiger partial charge on any atom is -0.384 e. The van der Waals surface area contributed by atoms with E-state index in [0.717, 1.165) is 5.56 Å². The highest BCUT2D eigenvalue weighted by Crippen LogP contribution is 2.20. The largest absolute Gasteiger partial charge is 0.384 e. The average Bonchev–Trinajstić information content (AvgIpc) is 2.59. The first kappa shape index (κ1) is 17.9. The Morgan fingerprint density at radius 1 is 1.17 bits per heavy atom. The van der Waals surface area contributed by atoms with Crippen molar-refractivity contribution in [1.29, 1.82) is 0 Å². The topological polar surface area (TPSA) is 49.3 Å². The first-order chi connectivity index (χ1) is 11.4. The highest BCUT2D eigenvalue weighted by molar-refractivity contribution is 5.97. The molecule has 0 aliphatic carbocycles. The smallest absolute Gasteiger partial charge is 0.247 e. The molecule has 1 atom stereocenters. The van der Waals surface area contributed by atoms with E-state index in [4.69, 9.17) is 0 Å². The number of hydrogen-bond donors (Lipinski definition) is 2. The maximum atomic E-state index is 13.0. The van der Waals surface area contributed by atoms with E-state index in [1.807, 2.05) is 43.3 Å². The molecule has 2 aromatic carbocycles. The summed E-state index contributed by atoms with van der Waals surface area (Å²) in [5.41, 5.74) is 0.870. The molecule has 2 aromatic rings. The van der Waals surface area contributed by atoms with Gasteiger partial charge in [0.2, 0.25) is 5.91 Å². The van der Waals surface area contributed by atoms with Gasteiger partial charge in [-0.25, -0.2) is 4.39 Å². The first-order valence-corrected chi connectivity index (χ1v) is 7.94. The molecule has 0 bridgehead atoms. The number of rotatable bonds is 6. The van der Waals surface area contributed by atoms with Crippen molar-refractivity contribution in [3.05, 3.63) is 77.1 Å². The summed E-state index contributed by atoms with van der Waals surface area (Å²) < 4.78 is 13.0. The Morgan fingerprint density at radius 3 is 2.38 bits per heavy atom. The van der Waals surface area contributed by atoms with Crippen molar-refractivity contribution in [2.24, 2.45) is 0 Å². The second-order valence-corrected chi connectivity index (χ2v) is 5.90. The van der Waals surface area contributed by atoms with Crippen LogP contribution < -0.4 is 5.32 Å². The molecule has 2 rings (SSSR count). The lowest BCUT2D eigenvalue weighted by Crippen LogP contribution is -2.39. The fraction of sp³-hybridized carbons (Fsp3) is 0.250. The third-order valence-electron chi connectivity index (χ3n) is 3.87. The Bertz CT molecular complexity index is 706. The minimum absolute atomic E-state index is 0.0452. The first-order valence-electron chi connectivity index (χ1n) is 7.94. The molecule has 3 nitrogen and oxygen atoms in total. The molecule has 2 N–H and O–H groups in total. The molecule has 126 valence electrons. The van der Waals surface area contributed by atoms with Crippen LogP contribution in [0.2, 0.25) is 0 Å². The van der Waals surface area contributed by atoms with Crippen LogP contribution >= 0.6 is 0 Å². The van der Waals surface area contributed by atoms with E-state index in [1.165, 1.54) is 24.3 Å². The molecule has 1 amide bonds. The van der Waals surface area contributed by atoms with E-state index in [1.54, 1.807) is 6.92 Å². The molecule has 0 saturated carbocycles. The minimum atomic E-state index is -1.27. The Hall–Kier alpha value is -2.46. The Balaban J connectivity index is 2.05. The quantitative estimate of drug-likeness (QED) is 0.796. The van der Waals surface area contributed by atoms with Crippen molar-refractivity contribution in [2.45, 2.75) is 25.9 Å². The zero-order valence-electron chi connectivity index (χ0n) is 13.9. The summed E-state index contributed by atoms with van der Waals surface area (Å²) in [5, 5.41) is 13.3. The molecular formula is C20H22FNO2. The number of benzene rings is 2. The zero-order valence-corrected chi connectivity index (χ0v) is 13.9. The number of nitrogens with one attached hydrogen (secondary N) is 1. The average molecular weight is 327 g/mol. The van der Waals surface area contributed by atoms with Crippen LogP contribution in [0.1, 0.15) is 31.4 Å². The lowest BCUT2D eigenvalue weighted by atomic mass is 9.96. The van der Waals surface area contributed by atoms with Crippen molar-refractivity contribution in [3.63, 3.8) is 0 Å². The van der Waals surface area contributed by atoms with Crippen molar-refractivity contribution in [2.75, 3.05) is 6.54 Å². The van der Waals surface area contributed by atoms with Crippen molar-refractivity contribution in [3.8, 4) is 0 Å². The second kappa shape index (κ2) is 7.88. The summed E-state index contributed by atoms with van der Waals surface area (Å²) in [7, 11) is 0. The van der Waals surface area contributed by atoms with Crippen LogP contribution in [-0.4, -0.2) is 17.6 Å². The molecular weight excluding hydrogens is 305 g/mol. The van der Waals surface area contributed by atoms with Gasteiger partial charge in [-0.05, 0) is 42.7 Å². The maximum absolute atomic E-state index is 13.0. The van der Waals surface area contributed by atoms with Crippen LogP contribution in [0, 0.1) is 5.82 Å². The van der Waals surface area contributed by atoms with E-state index < -0.39 is 5.60 Å². The molecule has 0 saturated heterocycles. The number of hydrogen-bond acceptors (Lipinski definition) is 2. The Labute approximate surface area is 141 Å². The van der Waals surface area contributed by atoms with Crippen molar-refractivity contribution >= 4 is 12.0 Å². The summed E-state index contributed by atoms with van der Waals surface area (Å²) in [6, 6.07) is 15.2. The molecule has 0 fully saturated rings. The number of amides is 1. The lowest BCUT2D eigenvalue weighted by molar-refractivity contribution is -0.118. The van der Waals surface area contributed by atoms with Crippen LogP contribution in [0.3, 0.4) is 0 Å². The predicted molar refractivity (Wildman–Crippen MR) is 93.7 cm³/mol. The van der Waals surface area contributed by atoms with Gasteiger partial charge in [0, 0.05) is 5.57 Å². The zero-order chi connectivity index (χ0) is 17.6. The molecule has 0 aromatic heterocycles. The third-order valence-corrected chi connectivity index (χ3v) is 3.87. The molecule has 0 aliphatic rings. The number of aliphatic hydroxyl groups is 1. The summed E-state index contributed by atoms with van der Waals surface area (Å²) in [6.07, 6.45) is 2.42. The molecule has 0 aliphatic heterocycles. The fourth-order valence-electron chi connectivity index (χ4n) is 2.36. The van der Waals surface area contributed by atoms with Gasteiger partial charge in [0.25, 0.3) is 0 Å². The van der Waals surface area contributed by atoms with Gasteiger partial charge in [0.15, 0.2) is 0 Å². The van der Waals surface area contributed by atoms with Gasteiger partial charge >= 0.3 is 0 Å². The fourth-order valence-corrected chi connectivity index (χ4v) is 2.36. The molecule has 0 heterocycles. The summed E-state index contributed by atoms with van der Waals surface area (Å²) in [6.45, 7) is 3.54. The van der Waals surface area contributed by atoms with Crippen LogP contribution in [0.15, 0.2) is 60.2 Å². The van der Waals surface area contributed by atoms with Crippen LogP contribution in [-0.2, 0) is 10.4 Å². The lowest BCUT2D eigenvalue weighted by Gasteiger charge is -2.24. The van der Waals surface area contributed by atoms with Crippen LogP contribution in [0.4, 0.5) is 4.39 Å². The van der Waals surface area contributed by atoms with Gasteiger partial charge in [-0.15, -0.1) is 0 Å². The molecule has 24 heavy (non-hydrogen) atoms. The molecule has 0 spiro atoms. The van der Waals surface area contributed by atoms with Gasteiger partial charge in [-0.3, -0.25) is 4.79 Å². The van der Waals surface area contributed by atoms with Gasteiger partial charge in [-0.1, -0.05) is 49.4 Å². The predicted octanol–water partition coefficient (Wildman–Crippen LogP) is 3.64. The van der Waals surface area contributed by atoms with Gasteiger partial charge in [0.1, 0.15) is 11.4 Å². The highest BCUT2D eigenvalue weighted by atomic mass is 19.1. The molecule has 4 heteroatoms. The number of carbonyl (C=O) groups is 1. The van der Waals surface area contributed by atoms with Crippen molar-refractivity contribution < 1.29 is 14.3 Å². The SMILES string of the molecule is CC/C(=C\c1ccccc1)C(=O)NCC(C)(O)c1ccc(F)cc1. The van der Waals surface area contributed by atoms with E-state index in [0.29, 0.717) is 17.6 Å². The summed E-state index contributed by atoms with van der Waals surface area (Å²) in [5.74, 6) is -0.582. The normalized spacial score (nSPS) is 14.1. The monoisotopic (exact) mass is 327 g/mol. The second-order valence-electron chi connectivity index (χ2n) is 5.90. The highest BCUT2D eigenvalue weighted by Gasteiger charge is 2.24. The van der Waals surface area contributed by atoms with Gasteiger partial charge < -0.3 is 10.4 Å². The number of carbonyl (C=O) groups excluding carboxylic acids is 1. The molecule has 0 radical (unpaired) electrons. The Morgan fingerprint density at radius 2 is 1.79 bits per heavy atom. The van der Waals surface area contributed by atoms with Gasteiger partial charge in [0.05, 0.1) is 6.54 Å². The number of halogens is 1. The Kier molecular flexibility index (Phi) is 5.88. The van der Waals surface area contributed by atoms with E-state index in [-0.39, 0.29) is 18.3 Å². The maximum Gasteiger partial charge on any atom is 0.247 e.